The van der Waals surface area contributed by atoms with Crippen molar-refractivity contribution in [2.75, 3.05) is 4.72 Å². The van der Waals surface area contributed by atoms with Crippen LogP contribution in [-0.4, -0.2) is 13.4 Å². The van der Waals surface area contributed by atoms with E-state index >= 15 is 0 Å². The average molecular weight is 394 g/mol. The van der Waals surface area contributed by atoms with Crippen LogP contribution in [0.4, 0.5) is 14.5 Å². The predicted octanol–water partition coefficient (Wildman–Crippen LogP) is 4.03. The fourth-order valence-electron chi connectivity index (χ4n) is 2.42. The molecule has 0 radical (unpaired) electrons. The van der Waals surface area contributed by atoms with Crippen LogP contribution in [0.1, 0.15) is 5.56 Å². The topological polar surface area (TPSA) is 82.9 Å². The van der Waals surface area contributed by atoms with Crippen LogP contribution < -0.4 is 4.72 Å². The number of halogens is 3. The number of hydrogen-bond donors (Lipinski definition) is 1. The van der Waals surface area contributed by atoms with Crippen molar-refractivity contribution < 1.29 is 17.2 Å². The lowest BCUT2D eigenvalue weighted by Gasteiger charge is -2.12. The number of rotatable bonds is 4. The van der Waals surface area contributed by atoms with E-state index in [0.717, 1.165) is 6.07 Å². The van der Waals surface area contributed by atoms with Gasteiger partial charge in [-0.05, 0) is 30.3 Å². The third-order valence-corrected chi connectivity index (χ3v) is 5.23. The molecule has 26 heavy (non-hydrogen) atoms. The molecule has 0 spiro atoms. The largest absolute Gasteiger partial charge is 0.277 e. The Labute approximate surface area is 152 Å². The minimum atomic E-state index is -4.22. The SMILES string of the molecule is N#CCc1cc(F)c(NS(=O)(=O)c2cccc3nc(Cl)ccc23)cc1F. The number of hydrogen-bond acceptors (Lipinski definition) is 4. The maximum absolute atomic E-state index is 14.1. The molecule has 3 rings (SSSR count). The van der Waals surface area contributed by atoms with Gasteiger partial charge in [0, 0.05) is 17.0 Å². The Balaban J connectivity index is 2.06. The monoisotopic (exact) mass is 393 g/mol. The summed E-state index contributed by atoms with van der Waals surface area (Å²) in [6, 6.07) is 10.5. The predicted molar refractivity (Wildman–Crippen MR) is 93.2 cm³/mol. The summed E-state index contributed by atoms with van der Waals surface area (Å²) in [7, 11) is -4.22. The Bertz CT molecular complexity index is 1160. The molecule has 0 unspecified atom stereocenters. The number of sulfonamides is 1. The third-order valence-electron chi connectivity index (χ3n) is 3.60. The molecule has 2 aromatic carbocycles. The number of anilines is 1. The van der Waals surface area contributed by atoms with E-state index in [9.17, 15) is 17.2 Å². The summed E-state index contributed by atoms with van der Waals surface area (Å²) in [5, 5.41) is 9.07. The van der Waals surface area contributed by atoms with E-state index in [-0.39, 0.29) is 27.4 Å². The van der Waals surface area contributed by atoms with Crippen LogP contribution in [0.5, 0.6) is 0 Å². The van der Waals surface area contributed by atoms with E-state index in [1.54, 1.807) is 12.1 Å². The van der Waals surface area contributed by atoms with Crippen molar-refractivity contribution >= 4 is 38.2 Å². The van der Waals surface area contributed by atoms with Gasteiger partial charge < -0.3 is 0 Å². The van der Waals surface area contributed by atoms with Gasteiger partial charge in [0.2, 0.25) is 0 Å². The van der Waals surface area contributed by atoms with Crippen LogP contribution in [0.15, 0.2) is 47.4 Å². The number of nitriles is 1. The van der Waals surface area contributed by atoms with Crippen LogP contribution in [0.3, 0.4) is 0 Å². The smallest absolute Gasteiger partial charge is 0.262 e. The van der Waals surface area contributed by atoms with Crippen molar-refractivity contribution in [2.24, 2.45) is 0 Å². The van der Waals surface area contributed by atoms with Gasteiger partial charge in [0.05, 0.1) is 28.6 Å². The summed E-state index contributed by atoms with van der Waals surface area (Å²) < 4.78 is 55.4. The van der Waals surface area contributed by atoms with E-state index in [0.29, 0.717) is 11.6 Å². The molecule has 0 aliphatic carbocycles. The molecule has 1 heterocycles. The Morgan fingerprint density at radius 3 is 2.65 bits per heavy atom. The van der Waals surface area contributed by atoms with Gasteiger partial charge in [0.25, 0.3) is 10.0 Å². The van der Waals surface area contributed by atoms with Gasteiger partial charge >= 0.3 is 0 Å². The summed E-state index contributed by atoms with van der Waals surface area (Å²) in [6.45, 7) is 0. The summed E-state index contributed by atoms with van der Waals surface area (Å²) >= 11 is 5.80. The maximum Gasteiger partial charge on any atom is 0.262 e. The molecule has 132 valence electrons. The van der Waals surface area contributed by atoms with Crippen molar-refractivity contribution in [2.45, 2.75) is 11.3 Å². The fourth-order valence-corrected chi connectivity index (χ4v) is 3.85. The standard InChI is InChI=1S/C17H10ClF2N3O2S/c18-17-5-4-11-14(22-17)2-1-3-16(11)26(24,25)23-15-9-12(19)10(6-7-21)8-13(15)20/h1-5,8-9,23H,6H2. The van der Waals surface area contributed by atoms with Gasteiger partial charge in [-0.2, -0.15) is 5.26 Å². The van der Waals surface area contributed by atoms with Gasteiger partial charge in [-0.3, -0.25) is 4.72 Å². The first kappa shape index (κ1) is 18.0. The van der Waals surface area contributed by atoms with Crippen LogP contribution in [0.2, 0.25) is 5.15 Å². The molecule has 0 amide bonds. The molecule has 0 fully saturated rings. The second-order valence-electron chi connectivity index (χ2n) is 5.32. The van der Waals surface area contributed by atoms with Crippen molar-refractivity contribution in [3.8, 4) is 6.07 Å². The lowest BCUT2D eigenvalue weighted by Crippen LogP contribution is -2.15. The molecule has 3 aromatic rings. The molecule has 0 atom stereocenters. The molecule has 9 heteroatoms. The quantitative estimate of drug-likeness (QED) is 0.678. The molecule has 0 bridgehead atoms. The Hall–Kier alpha value is -2.76. The number of benzene rings is 2. The van der Waals surface area contributed by atoms with Gasteiger partial charge in [0.1, 0.15) is 16.8 Å². The molecule has 1 aromatic heterocycles. The molecule has 0 aliphatic rings. The summed E-state index contributed by atoms with van der Waals surface area (Å²) in [5.74, 6) is -1.86. The number of pyridine rings is 1. The number of aromatic nitrogens is 1. The number of nitrogens with one attached hydrogen (secondary N) is 1. The van der Waals surface area contributed by atoms with Crippen molar-refractivity contribution in [1.29, 1.82) is 5.26 Å². The van der Waals surface area contributed by atoms with E-state index < -0.39 is 27.3 Å². The average Bonchev–Trinajstić information content (AvgIpc) is 2.58. The highest BCUT2D eigenvalue weighted by Crippen LogP contribution is 2.27. The Kier molecular flexibility index (Phi) is 4.76. The van der Waals surface area contributed by atoms with E-state index in [4.69, 9.17) is 16.9 Å². The molecular weight excluding hydrogens is 384 g/mol. The highest BCUT2D eigenvalue weighted by Gasteiger charge is 2.21. The Morgan fingerprint density at radius 1 is 1.15 bits per heavy atom. The fraction of sp³-hybridized carbons (Fsp3) is 0.0588. The molecule has 0 saturated carbocycles. The zero-order valence-electron chi connectivity index (χ0n) is 13.0. The zero-order chi connectivity index (χ0) is 18.9. The third kappa shape index (κ3) is 3.45. The maximum atomic E-state index is 14.1. The summed E-state index contributed by atoms with van der Waals surface area (Å²) in [5.41, 5.74) is -0.364. The lowest BCUT2D eigenvalue weighted by atomic mass is 10.1. The van der Waals surface area contributed by atoms with Gasteiger partial charge in [-0.1, -0.05) is 17.7 Å². The number of nitrogens with zero attached hydrogens (tertiary/aromatic N) is 2. The van der Waals surface area contributed by atoms with Gasteiger partial charge in [0.15, 0.2) is 0 Å². The van der Waals surface area contributed by atoms with E-state index in [2.05, 4.69) is 4.98 Å². The van der Waals surface area contributed by atoms with E-state index in [1.165, 1.54) is 24.3 Å². The van der Waals surface area contributed by atoms with Gasteiger partial charge in [-0.25, -0.2) is 22.2 Å². The van der Waals surface area contributed by atoms with Crippen molar-refractivity contribution in [1.82, 2.24) is 4.98 Å². The first-order chi connectivity index (χ1) is 12.3. The minimum Gasteiger partial charge on any atom is -0.277 e. The van der Waals surface area contributed by atoms with Crippen LogP contribution >= 0.6 is 11.6 Å². The first-order valence-electron chi connectivity index (χ1n) is 7.25. The van der Waals surface area contributed by atoms with Crippen molar-refractivity contribution in [3.63, 3.8) is 0 Å². The zero-order valence-corrected chi connectivity index (χ0v) is 14.6. The molecule has 1 N–H and O–H groups in total. The number of fused-ring (bicyclic) bond motifs is 1. The van der Waals surface area contributed by atoms with Gasteiger partial charge in [-0.15, -0.1) is 0 Å². The normalized spacial score (nSPS) is 11.3. The lowest BCUT2D eigenvalue weighted by molar-refractivity contribution is 0.589. The summed E-state index contributed by atoms with van der Waals surface area (Å²) in [4.78, 5) is 3.88. The highest BCUT2D eigenvalue weighted by molar-refractivity contribution is 7.93. The minimum absolute atomic E-state index is 0.153. The highest BCUT2D eigenvalue weighted by atomic mass is 35.5. The van der Waals surface area contributed by atoms with Crippen LogP contribution in [0, 0.1) is 23.0 Å². The van der Waals surface area contributed by atoms with Crippen molar-refractivity contribution in [3.05, 3.63) is 64.8 Å². The summed E-state index contributed by atoms with van der Waals surface area (Å²) in [6.07, 6.45) is -0.328. The van der Waals surface area contributed by atoms with Crippen LogP contribution in [0.25, 0.3) is 10.9 Å². The Morgan fingerprint density at radius 2 is 1.92 bits per heavy atom. The molecule has 5 nitrogen and oxygen atoms in total. The first-order valence-corrected chi connectivity index (χ1v) is 9.11. The second-order valence-corrected chi connectivity index (χ2v) is 7.36. The second kappa shape index (κ2) is 6.86. The van der Waals surface area contributed by atoms with Crippen LogP contribution in [-0.2, 0) is 16.4 Å². The molecule has 0 aliphatic heterocycles. The van der Waals surface area contributed by atoms with E-state index in [1.807, 2.05) is 4.72 Å². The molecule has 0 saturated heterocycles. The molecular formula is C17H10ClF2N3O2S.